The second-order valence-corrected chi connectivity index (χ2v) is 8.80. The maximum absolute atomic E-state index is 13.4. The topological polar surface area (TPSA) is 153 Å². The third-order valence-electron chi connectivity index (χ3n) is 5.43. The Hall–Kier alpha value is -3.64. The molecular formula is C19H15N3O8S. The summed E-state index contributed by atoms with van der Waals surface area (Å²) in [6.45, 7) is -0.413. The zero-order valence-electron chi connectivity index (χ0n) is 16.0. The number of hydrogen-bond acceptors (Lipinski definition) is 8. The first kappa shape index (κ1) is 20.6. The molecule has 4 rings (SSSR count). The number of nitrogens with zero attached hydrogens (tertiary/aromatic N) is 2. The third-order valence-corrected chi connectivity index (χ3v) is 7.34. The Balaban J connectivity index is 1.94. The number of fused-ring (bicyclic) bond motifs is 2. The van der Waals surface area contributed by atoms with Crippen LogP contribution in [-0.4, -0.2) is 42.5 Å². The molecule has 11 nitrogen and oxygen atoms in total. The summed E-state index contributed by atoms with van der Waals surface area (Å²) < 4.78 is 32.3. The fourth-order valence-corrected chi connectivity index (χ4v) is 6.05. The number of sulfonamides is 1. The highest BCUT2D eigenvalue weighted by Crippen LogP contribution is 2.52. The van der Waals surface area contributed by atoms with E-state index in [0.717, 1.165) is 11.4 Å². The summed E-state index contributed by atoms with van der Waals surface area (Å²) in [6.07, 6.45) is 0. The van der Waals surface area contributed by atoms with Gasteiger partial charge in [0, 0.05) is 24.2 Å². The van der Waals surface area contributed by atoms with E-state index in [1.54, 1.807) is 0 Å². The van der Waals surface area contributed by atoms with Crippen LogP contribution in [-0.2, 0) is 41.2 Å². The summed E-state index contributed by atoms with van der Waals surface area (Å²) in [4.78, 5) is 48.3. The number of nitro benzene ring substituents is 1. The monoisotopic (exact) mass is 445 g/mol. The molecule has 1 saturated heterocycles. The molecule has 1 N–H and O–H groups in total. The number of carbonyl (C=O) groups excluding carboxylic acids is 3. The van der Waals surface area contributed by atoms with Gasteiger partial charge in [-0.1, -0.05) is 30.3 Å². The van der Waals surface area contributed by atoms with Gasteiger partial charge in [0.1, 0.15) is 0 Å². The fraction of sp³-hybridized carbons (Fsp3) is 0.211. The second-order valence-electron chi connectivity index (χ2n) is 6.97. The lowest BCUT2D eigenvalue weighted by atomic mass is 9.79. The number of benzene rings is 2. The molecule has 2 atom stereocenters. The first-order chi connectivity index (χ1) is 14.6. The second kappa shape index (κ2) is 6.96. The summed E-state index contributed by atoms with van der Waals surface area (Å²) in [7, 11) is -3.29. The standard InChI is InChI=1S/C19H15N3O8S/c1-30-17(24)15-16(23)20-18(25)19(15)13-4-2-3-5-14(13)31(28,29)21(19)10-11-6-8-12(9-7-11)22(26)27/h2-9,15H,10H2,1H3,(H,20,23,25). The van der Waals surface area contributed by atoms with Crippen molar-refractivity contribution < 1.29 is 32.5 Å². The SMILES string of the molecule is COC(=O)C1C(=O)NC(=O)C12c1ccccc1S(=O)(=O)N2Cc1ccc([N+](=O)[O-])cc1. The molecule has 31 heavy (non-hydrogen) atoms. The molecule has 2 aliphatic rings. The fourth-order valence-electron chi connectivity index (χ4n) is 4.08. The highest BCUT2D eigenvalue weighted by Gasteiger charge is 2.70. The van der Waals surface area contributed by atoms with Gasteiger partial charge in [-0.2, -0.15) is 4.31 Å². The van der Waals surface area contributed by atoms with Crippen LogP contribution in [0.5, 0.6) is 0 Å². The highest BCUT2D eigenvalue weighted by atomic mass is 32.2. The summed E-state index contributed by atoms with van der Waals surface area (Å²) >= 11 is 0. The molecule has 0 aromatic heterocycles. The average molecular weight is 445 g/mol. The van der Waals surface area contributed by atoms with Crippen LogP contribution in [0.4, 0.5) is 5.69 Å². The van der Waals surface area contributed by atoms with Gasteiger partial charge in [0.2, 0.25) is 15.9 Å². The lowest BCUT2D eigenvalue weighted by Gasteiger charge is -2.34. The zero-order valence-corrected chi connectivity index (χ0v) is 16.8. The first-order valence-corrected chi connectivity index (χ1v) is 10.4. The number of ether oxygens (including phenoxy) is 1. The van der Waals surface area contributed by atoms with Gasteiger partial charge in [0.15, 0.2) is 11.5 Å². The Bertz CT molecular complexity index is 1240. The number of esters is 1. The molecule has 0 saturated carbocycles. The van der Waals surface area contributed by atoms with Crippen molar-refractivity contribution in [1.29, 1.82) is 0 Å². The van der Waals surface area contributed by atoms with Gasteiger partial charge < -0.3 is 4.74 Å². The molecule has 160 valence electrons. The lowest BCUT2D eigenvalue weighted by molar-refractivity contribution is -0.384. The molecule has 1 fully saturated rings. The Morgan fingerprint density at radius 3 is 2.45 bits per heavy atom. The van der Waals surface area contributed by atoms with Crippen molar-refractivity contribution in [3.63, 3.8) is 0 Å². The lowest BCUT2D eigenvalue weighted by Crippen LogP contribution is -2.54. The van der Waals surface area contributed by atoms with E-state index in [2.05, 4.69) is 5.32 Å². The number of non-ortho nitro benzene ring substituents is 1. The first-order valence-electron chi connectivity index (χ1n) is 8.94. The van der Waals surface area contributed by atoms with Gasteiger partial charge in [0.25, 0.3) is 11.6 Å². The smallest absolute Gasteiger partial charge is 0.321 e. The highest BCUT2D eigenvalue weighted by molar-refractivity contribution is 7.89. The van der Waals surface area contributed by atoms with E-state index in [4.69, 9.17) is 4.74 Å². The van der Waals surface area contributed by atoms with Crippen LogP contribution in [0, 0.1) is 16.0 Å². The minimum absolute atomic E-state index is 0.0179. The number of carbonyl (C=O) groups is 3. The van der Waals surface area contributed by atoms with Crippen molar-refractivity contribution in [3.8, 4) is 0 Å². The number of rotatable bonds is 4. The van der Waals surface area contributed by atoms with Gasteiger partial charge in [0.05, 0.1) is 16.9 Å². The van der Waals surface area contributed by atoms with E-state index < -0.39 is 50.7 Å². The summed E-state index contributed by atoms with van der Waals surface area (Å²) in [5.74, 6) is -4.77. The van der Waals surface area contributed by atoms with Crippen molar-refractivity contribution in [2.24, 2.45) is 5.92 Å². The van der Waals surface area contributed by atoms with Crippen molar-refractivity contribution in [3.05, 3.63) is 69.8 Å². The van der Waals surface area contributed by atoms with E-state index >= 15 is 0 Å². The summed E-state index contributed by atoms with van der Waals surface area (Å²) in [5, 5.41) is 13.0. The van der Waals surface area contributed by atoms with E-state index in [1.165, 1.54) is 48.5 Å². The molecule has 2 aromatic carbocycles. The molecule has 0 bridgehead atoms. The maximum Gasteiger partial charge on any atom is 0.321 e. The minimum Gasteiger partial charge on any atom is -0.468 e. The average Bonchev–Trinajstić information content (AvgIpc) is 3.11. The van der Waals surface area contributed by atoms with Crippen LogP contribution in [0.1, 0.15) is 11.1 Å². The van der Waals surface area contributed by atoms with Gasteiger partial charge >= 0.3 is 5.97 Å². The molecule has 2 heterocycles. The van der Waals surface area contributed by atoms with Gasteiger partial charge in [-0.15, -0.1) is 0 Å². The number of nitro groups is 1. The van der Waals surface area contributed by atoms with E-state index in [1.807, 2.05) is 0 Å². The quantitative estimate of drug-likeness (QED) is 0.234. The molecule has 0 aliphatic carbocycles. The maximum atomic E-state index is 13.4. The van der Waals surface area contributed by atoms with Crippen LogP contribution >= 0.6 is 0 Å². The Morgan fingerprint density at radius 2 is 1.84 bits per heavy atom. The van der Waals surface area contributed by atoms with Crippen molar-refractivity contribution >= 4 is 33.5 Å². The zero-order chi connectivity index (χ0) is 22.6. The number of methoxy groups -OCH3 is 1. The van der Waals surface area contributed by atoms with Crippen LogP contribution in [0.25, 0.3) is 0 Å². The predicted octanol–water partition coefficient (Wildman–Crippen LogP) is 0.440. The molecule has 0 radical (unpaired) electrons. The Labute approximate surface area is 175 Å². The molecular weight excluding hydrogens is 430 g/mol. The Kier molecular flexibility index (Phi) is 4.63. The number of nitrogens with one attached hydrogen (secondary N) is 1. The van der Waals surface area contributed by atoms with Gasteiger partial charge in [-0.05, 0) is 11.6 Å². The van der Waals surface area contributed by atoms with Crippen molar-refractivity contribution in [2.75, 3.05) is 7.11 Å². The number of hydrogen-bond donors (Lipinski definition) is 1. The molecule has 2 aromatic rings. The predicted molar refractivity (Wildman–Crippen MR) is 103 cm³/mol. The van der Waals surface area contributed by atoms with Crippen LogP contribution < -0.4 is 5.32 Å². The van der Waals surface area contributed by atoms with Crippen LogP contribution in [0.2, 0.25) is 0 Å². The normalized spacial score (nSPS) is 24.1. The van der Waals surface area contributed by atoms with E-state index in [-0.39, 0.29) is 16.1 Å². The number of amides is 2. The molecule has 1 spiro atoms. The summed E-state index contributed by atoms with van der Waals surface area (Å²) in [5.41, 5.74) is -2.08. The molecule has 2 unspecified atom stereocenters. The van der Waals surface area contributed by atoms with Crippen LogP contribution in [0.3, 0.4) is 0 Å². The third kappa shape index (κ3) is 2.75. The van der Waals surface area contributed by atoms with E-state index in [9.17, 15) is 32.9 Å². The van der Waals surface area contributed by atoms with Gasteiger partial charge in [-0.25, -0.2) is 8.42 Å². The minimum atomic E-state index is -4.32. The largest absolute Gasteiger partial charge is 0.468 e. The molecule has 2 aliphatic heterocycles. The molecule has 12 heteroatoms. The summed E-state index contributed by atoms with van der Waals surface area (Å²) in [6, 6.07) is 10.7. The van der Waals surface area contributed by atoms with Crippen LogP contribution in [0.15, 0.2) is 53.4 Å². The van der Waals surface area contributed by atoms with Crippen molar-refractivity contribution in [2.45, 2.75) is 17.0 Å². The van der Waals surface area contributed by atoms with Crippen molar-refractivity contribution in [1.82, 2.24) is 9.62 Å². The van der Waals surface area contributed by atoms with E-state index in [0.29, 0.717) is 5.56 Å². The Morgan fingerprint density at radius 1 is 1.19 bits per heavy atom. The number of imide groups is 1. The molecule has 2 amide bonds. The van der Waals surface area contributed by atoms with Gasteiger partial charge in [-0.3, -0.25) is 29.8 Å².